The van der Waals surface area contributed by atoms with E-state index in [1.54, 1.807) is 55.6 Å². The first-order chi connectivity index (χ1) is 16.5. The molecule has 1 unspecified atom stereocenters. The topological polar surface area (TPSA) is 88.7 Å². The number of ether oxygens (including phenoxy) is 2. The minimum atomic E-state index is -0.406. The summed E-state index contributed by atoms with van der Waals surface area (Å²) in [6, 6.07) is 23.4. The SMILES string of the molecule is COCCOc1ccccc1C(=O)NC(=S)Nc1cccc(C(=O)NC(C)c2ccccc2)c1. The van der Waals surface area contributed by atoms with Crippen molar-refractivity contribution in [2.45, 2.75) is 13.0 Å². The molecule has 0 aliphatic carbocycles. The number of carbonyl (C=O) groups excluding carboxylic acids is 2. The van der Waals surface area contributed by atoms with Crippen molar-refractivity contribution in [3.8, 4) is 5.75 Å². The van der Waals surface area contributed by atoms with E-state index in [1.165, 1.54) is 0 Å². The molecule has 0 aliphatic heterocycles. The van der Waals surface area contributed by atoms with Crippen LogP contribution < -0.4 is 20.7 Å². The van der Waals surface area contributed by atoms with Gasteiger partial charge in [-0.15, -0.1) is 0 Å². The maximum absolute atomic E-state index is 12.7. The van der Waals surface area contributed by atoms with Crippen LogP contribution in [0.3, 0.4) is 0 Å². The lowest BCUT2D eigenvalue weighted by molar-refractivity contribution is 0.0937. The zero-order valence-corrected chi connectivity index (χ0v) is 19.9. The van der Waals surface area contributed by atoms with Gasteiger partial charge in [0.2, 0.25) is 0 Å². The van der Waals surface area contributed by atoms with Crippen molar-refractivity contribution in [1.29, 1.82) is 0 Å². The van der Waals surface area contributed by atoms with Gasteiger partial charge in [0.15, 0.2) is 5.11 Å². The van der Waals surface area contributed by atoms with Crippen LogP contribution in [-0.2, 0) is 4.74 Å². The standard InChI is InChI=1S/C26H27N3O4S/c1-18(19-9-4-3-5-10-19)27-24(30)20-11-8-12-21(17-20)28-26(34)29-25(31)22-13-6-7-14-23(22)33-16-15-32-2/h3-14,17-18H,15-16H2,1-2H3,(H,27,30)(H2,28,29,31,34). The molecule has 0 spiro atoms. The summed E-state index contributed by atoms with van der Waals surface area (Å²) in [6.07, 6.45) is 0. The molecule has 176 valence electrons. The third-order valence-electron chi connectivity index (χ3n) is 4.93. The molecule has 0 aliphatic rings. The Labute approximate surface area is 204 Å². The van der Waals surface area contributed by atoms with Gasteiger partial charge in [0.05, 0.1) is 18.2 Å². The number of methoxy groups -OCH3 is 1. The van der Waals surface area contributed by atoms with E-state index >= 15 is 0 Å². The second kappa shape index (κ2) is 12.5. The molecule has 7 nitrogen and oxygen atoms in total. The summed E-state index contributed by atoms with van der Waals surface area (Å²) >= 11 is 5.30. The fourth-order valence-corrected chi connectivity index (χ4v) is 3.40. The second-order valence-electron chi connectivity index (χ2n) is 7.43. The summed E-state index contributed by atoms with van der Waals surface area (Å²) in [5, 5.41) is 8.69. The molecule has 3 rings (SSSR count). The number of thiocarbonyl (C=S) groups is 1. The predicted molar refractivity (Wildman–Crippen MR) is 136 cm³/mol. The number of rotatable bonds is 9. The van der Waals surface area contributed by atoms with E-state index in [4.69, 9.17) is 21.7 Å². The Bertz CT molecular complexity index is 1140. The van der Waals surface area contributed by atoms with E-state index in [-0.39, 0.29) is 17.1 Å². The molecular weight excluding hydrogens is 450 g/mol. The van der Waals surface area contributed by atoms with E-state index in [1.807, 2.05) is 37.3 Å². The van der Waals surface area contributed by atoms with Gasteiger partial charge in [-0.3, -0.25) is 14.9 Å². The zero-order valence-electron chi connectivity index (χ0n) is 19.0. The second-order valence-corrected chi connectivity index (χ2v) is 7.84. The number of hydrogen-bond acceptors (Lipinski definition) is 5. The van der Waals surface area contributed by atoms with Crippen LogP contribution in [0, 0.1) is 0 Å². The van der Waals surface area contributed by atoms with Gasteiger partial charge in [-0.2, -0.15) is 0 Å². The summed E-state index contributed by atoms with van der Waals surface area (Å²) < 4.78 is 10.6. The van der Waals surface area contributed by atoms with Crippen LogP contribution in [0.5, 0.6) is 5.75 Å². The summed E-state index contributed by atoms with van der Waals surface area (Å²) in [5.74, 6) is -0.181. The number of carbonyl (C=O) groups is 2. The Hall–Kier alpha value is -3.75. The molecule has 0 bridgehead atoms. The number of amides is 2. The van der Waals surface area contributed by atoms with Crippen molar-refractivity contribution in [1.82, 2.24) is 10.6 Å². The van der Waals surface area contributed by atoms with Crippen molar-refractivity contribution >= 4 is 34.8 Å². The van der Waals surface area contributed by atoms with Crippen molar-refractivity contribution in [2.24, 2.45) is 0 Å². The Morgan fingerprint density at radius 1 is 0.912 bits per heavy atom. The highest BCUT2D eigenvalue weighted by Gasteiger charge is 2.15. The fourth-order valence-electron chi connectivity index (χ4n) is 3.19. The van der Waals surface area contributed by atoms with Crippen molar-refractivity contribution < 1.29 is 19.1 Å². The minimum Gasteiger partial charge on any atom is -0.490 e. The van der Waals surface area contributed by atoms with Crippen LogP contribution in [0.15, 0.2) is 78.9 Å². The van der Waals surface area contributed by atoms with Gasteiger partial charge in [0.25, 0.3) is 11.8 Å². The third-order valence-corrected chi connectivity index (χ3v) is 5.14. The van der Waals surface area contributed by atoms with Gasteiger partial charge >= 0.3 is 0 Å². The molecule has 0 aromatic heterocycles. The summed E-state index contributed by atoms with van der Waals surface area (Å²) in [5.41, 5.74) is 2.42. The normalized spacial score (nSPS) is 11.2. The van der Waals surface area contributed by atoms with E-state index in [9.17, 15) is 9.59 Å². The van der Waals surface area contributed by atoms with Crippen LogP contribution in [-0.4, -0.2) is 37.3 Å². The van der Waals surface area contributed by atoms with Crippen LogP contribution in [0.4, 0.5) is 5.69 Å². The number of nitrogens with one attached hydrogen (secondary N) is 3. The highest BCUT2D eigenvalue weighted by Crippen LogP contribution is 2.18. The van der Waals surface area contributed by atoms with Crippen LogP contribution >= 0.6 is 12.2 Å². The van der Waals surface area contributed by atoms with E-state index in [0.717, 1.165) is 5.56 Å². The molecule has 3 aromatic rings. The number of benzene rings is 3. The molecule has 1 atom stereocenters. The van der Waals surface area contributed by atoms with E-state index in [0.29, 0.717) is 35.8 Å². The number of para-hydroxylation sites is 1. The maximum atomic E-state index is 12.7. The van der Waals surface area contributed by atoms with Crippen LogP contribution in [0.2, 0.25) is 0 Å². The lowest BCUT2D eigenvalue weighted by atomic mass is 10.1. The number of hydrogen-bond donors (Lipinski definition) is 3. The van der Waals surface area contributed by atoms with Gasteiger partial charge in [-0.25, -0.2) is 0 Å². The Morgan fingerprint density at radius 3 is 2.41 bits per heavy atom. The summed E-state index contributed by atoms with van der Waals surface area (Å²) in [6.45, 7) is 2.65. The molecule has 0 radical (unpaired) electrons. The fraction of sp³-hybridized carbons (Fsp3) is 0.192. The van der Waals surface area contributed by atoms with E-state index < -0.39 is 5.91 Å². The molecule has 3 aromatic carbocycles. The predicted octanol–water partition coefficient (Wildman–Crippen LogP) is 4.33. The molecule has 0 heterocycles. The highest BCUT2D eigenvalue weighted by molar-refractivity contribution is 7.80. The van der Waals surface area contributed by atoms with Gasteiger partial charge in [-0.1, -0.05) is 48.5 Å². The largest absolute Gasteiger partial charge is 0.490 e. The third kappa shape index (κ3) is 7.13. The first-order valence-electron chi connectivity index (χ1n) is 10.8. The molecule has 2 amide bonds. The maximum Gasteiger partial charge on any atom is 0.261 e. The van der Waals surface area contributed by atoms with Crippen molar-refractivity contribution in [3.05, 3.63) is 95.6 Å². The number of anilines is 1. The monoisotopic (exact) mass is 477 g/mol. The first kappa shape index (κ1) is 24.9. The van der Waals surface area contributed by atoms with Crippen LogP contribution in [0.1, 0.15) is 39.2 Å². The van der Waals surface area contributed by atoms with Crippen molar-refractivity contribution in [3.63, 3.8) is 0 Å². The van der Waals surface area contributed by atoms with Crippen molar-refractivity contribution in [2.75, 3.05) is 25.6 Å². The van der Waals surface area contributed by atoms with Gasteiger partial charge in [-0.05, 0) is 55.0 Å². The van der Waals surface area contributed by atoms with Gasteiger partial charge in [0.1, 0.15) is 12.4 Å². The molecule has 0 fully saturated rings. The van der Waals surface area contributed by atoms with Gasteiger partial charge in [0, 0.05) is 18.4 Å². The molecule has 8 heteroatoms. The summed E-state index contributed by atoms with van der Waals surface area (Å²) in [7, 11) is 1.58. The molecule has 0 saturated heterocycles. The Balaban J connectivity index is 1.60. The smallest absolute Gasteiger partial charge is 0.261 e. The average molecular weight is 478 g/mol. The van der Waals surface area contributed by atoms with Crippen LogP contribution in [0.25, 0.3) is 0 Å². The Kier molecular flexibility index (Phi) is 9.13. The Morgan fingerprint density at radius 2 is 1.65 bits per heavy atom. The molecular formula is C26H27N3O4S. The first-order valence-corrected chi connectivity index (χ1v) is 11.2. The highest BCUT2D eigenvalue weighted by atomic mass is 32.1. The van der Waals surface area contributed by atoms with Gasteiger partial charge < -0.3 is 20.1 Å². The average Bonchev–Trinajstić information content (AvgIpc) is 2.85. The molecule has 3 N–H and O–H groups in total. The lowest BCUT2D eigenvalue weighted by Crippen LogP contribution is -2.34. The van der Waals surface area contributed by atoms with E-state index in [2.05, 4.69) is 16.0 Å². The lowest BCUT2D eigenvalue weighted by Gasteiger charge is -2.15. The zero-order chi connectivity index (χ0) is 24.3. The molecule has 0 saturated carbocycles. The summed E-state index contributed by atoms with van der Waals surface area (Å²) in [4.78, 5) is 25.4. The quantitative estimate of drug-likeness (QED) is 0.314. The molecule has 34 heavy (non-hydrogen) atoms. The minimum absolute atomic E-state index is 0.104.